The lowest BCUT2D eigenvalue weighted by molar-refractivity contribution is 0.345. The molecule has 3 heteroatoms. The van der Waals surface area contributed by atoms with Crippen molar-refractivity contribution in [3.63, 3.8) is 0 Å². The van der Waals surface area contributed by atoms with E-state index in [9.17, 15) is 4.39 Å². The zero-order valence-corrected chi connectivity index (χ0v) is 11.0. The minimum Gasteiger partial charge on any atom is -0.311 e. The summed E-state index contributed by atoms with van der Waals surface area (Å²) >= 11 is 6.01. The lowest BCUT2D eigenvalue weighted by atomic mass is 9.88. The van der Waals surface area contributed by atoms with E-state index in [1.54, 1.807) is 6.07 Å². The molecule has 1 fully saturated rings. The van der Waals surface area contributed by atoms with Gasteiger partial charge < -0.3 is 5.32 Å². The zero-order chi connectivity index (χ0) is 12.3. The Morgan fingerprint density at radius 2 is 2.18 bits per heavy atom. The molecule has 1 aliphatic heterocycles. The predicted octanol–water partition coefficient (Wildman–Crippen LogP) is 3.94. The van der Waals surface area contributed by atoms with Crippen molar-refractivity contribution < 1.29 is 4.39 Å². The molecule has 1 heterocycles. The number of hydrogen-bond acceptors (Lipinski definition) is 1. The molecule has 1 N–H and O–H groups in total. The van der Waals surface area contributed by atoms with Gasteiger partial charge in [0.1, 0.15) is 5.82 Å². The Morgan fingerprint density at radius 1 is 1.35 bits per heavy atom. The van der Waals surface area contributed by atoms with Crippen molar-refractivity contribution in [2.24, 2.45) is 0 Å². The summed E-state index contributed by atoms with van der Waals surface area (Å²) in [5.41, 5.74) is 0.956. The predicted molar refractivity (Wildman–Crippen MR) is 70.0 cm³/mol. The van der Waals surface area contributed by atoms with Gasteiger partial charge in [-0.25, -0.2) is 4.39 Å². The van der Waals surface area contributed by atoms with Crippen LogP contribution in [0.4, 0.5) is 4.39 Å². The lowest BCUT2D eigenvalue weighted by Gasteiger charge is -2.30. The summed E-state index contributed by atoms with van der Waals surface area (Å²) in [5, 5.41) is 3.85. The van der Waals surface area contributed by atoms with E-state index in [1.807, 2.05) is 6.07 Å². The molecule has 1 atom stereocenters. The van der Waals surface area contributed by atoms with Crippen LogP contribution in [-0.2, 0) is 6.42 Å². The Kier molecular flexibility index (Phi) is 4.05. The number of hydrogen-bond donors (Lipinski definition) is 1. The van der Waals surface area contributed by atoms with Gasteiger partial charge >= 0.3 is 0 Å². The van der Waals surface area contributed by atoms with Crippen molar-refractivity contribution >= 4 is 11.6 Å². The van der Waals surface area contributed by atoms with Gasteiger partial charge in [-0.05, 0) is 44.4 Å². The van der Waals surface area contributed by atoms with Gasteiger partial charge in [0.25, 0.3) is 0 Å². The lowest BCUT2D eigenvalue weighted by Crippen LogP contribution is -2.43. The summed E-state index contributed by atoms with van der Waals surface area (Å²) in [6.07, 6.45) is 5.66. The van der Waals surface area contributed by atoms with Crippen LogP contribution in [0.3, 0.4) is 0 Å². The van der Waals surface area contributed by atoms with E-state index in [4.69, 9.17) is 11.6 Å². The highest BCUT2D eigenvalue weighted by Crippen LogP contribution is 2.28. The van der Waals surface area contributed by atoms with Crippen LogP contribution >= 0.6 is 11.6 Å². The van der Waals surface area contributed by atoms with E-state index in [0.29, 0.717) is 0 Å². The molecule has 1 unspecified atom stereocenters. The van der Waals surface area contributed by atoms with Crippen molar-refractivity contribution in [2.75, 3.05) is 6.54 Å². The highest BCUT2D eigenvalue weighted by Gasteiger charge is 2.26. The molecule has 0 bridgehead atoms. The summed E-state index contributed by atoms with van der Waals surface area (Å²) in [5.74, 6) is -0.318. The molecule has 2 rings (SSSR count). The maximum Gasteiger partial charge on any atom is 0.142 e. The molecule has 1 aliphatic rings. The fraction of sp³-hybridized carbons (Fsp3) is 0.571. The molecule has 0 radical (unpaired) electrons. The quantitative estimate of drug-likeness (QED) is 0.844. The fourth-order valence-corrected chi connectivity index (χ4v) is 2.74. The van der Waals surface area contributed by atoms with Gasteiger partial charge in [-0.1, -0.05) is 36.6 Å². The molecule has 1 nitrogen and oxygen atoms in total. The molecule has 0 saturated carbocycles. The largest absolute Gasteiger partial charge is 0.311 e. The second-order valence-corrected chi connectivity index (χ2v) is 5.57. The van der Waals surface area contributed by atoms with E-state index in [2.05, 4.69) is 12.2 Å². The van der Waals surface area contributed by atoms with Crippen LogP contribution in [0.5, 0.6) is 0 Å². The Balaban J connectivity index is 2.15. The first-order valence-corrected chi connectivity index (χ1v) is 6.66. The Labute approximate surface area is 107 Å². The number of halogens is 2. The van der Waals surface area contributed by atoms with Gasteiger partial charge in [-0.3, -0.25) is 0 Å². The second-order valence-electron chi connectivity index (χ2n) is 5.19. The van der Waals surface area contributed by atoms with Crippen LogP contribution < -0.4 is 5.32 Å². The van der Waals surface area contributed by atoms with Crippen LogP contribution in [-0.4, -0.2) is 12.1 Å². The molecule has 17 heavy (non-hydrogen) atoms. The standard InChI is InChI=1S/C14H19ClFN/c1-14(8-3-2-4-9-17-14)10-11-6-5-7-12(16)13(11)15/h5-7,17H,2-4,8-10H2,1H3. The van der Waals surface area contributed by atoms with Crippen molar-refractivity contribution in [3.05, 3.63) is 34.6 Å². The van der Waals surface area contributed by atoms with Crippen LogP contribution in [0.15, 0.2) is 18.2 Å². The molecule has 1 aromatic rings. The van der Waals surface area contributed by atoms with E-state index in [0.717, 1.165) is 24.9 Å². The first-order chi connectivity index (χ1) is 8.11. The van der Waals surface area contributed by atoms with E-state index in [1.165, 1.54) is 25.3 Å². The number of rotatable bonds is 2. The van der Waals surface area contributed by atoms with Gasteiger partial charge in [0, 0.05) is 5.54 Å². The Hall–Kier alpha value is -0.600. The van der Waals surface area contributed by atoms with Crippen LogP contribution in [0.2, 0.25) is 5.02 Å². The van der Waals surface area contributed by atoms with Gasteiger partial charge in [-0.15, -0.1) is 0 Å². The molecule has 0 aliphatic carbocycles. The van der Waals surface area contributed by atoms with Crippen molar-refractivity contribution in [3.8, 4) is 0 Å². The Morgan fingerprint density at radius 3 is 3.00 bits per heavy atom. The maximum absolute atomic E-state index is 13.4. The highest BCUT2D eigenvalue weighted by molar-refractivity contribution is 6.31. The average molecular weight is 256 g/mol. The fourth-order valence-electron chi connectivity index (χ4n) is 2.55. The third-order valence-electron chi connectivity index (χ3n) is 3.57. The summed E-state index contributed by atoms with van der Waals surface area (Å²) < 4.78 is 13.4. The summed E-state index contributed by atoms with van der Waals surface area (Å²) in [6, 6.07) is 5.06. The van der Waals surface area contributed by atoms with Crippen LogP contribution in [0, 0.1) is 5.82 Å². The summed E-state index contributed by atoms with van der Waals surface area (Å²) in [6.45, 7) is 3.25. The molecule has 0 spiro atoms. The third-order valence-corrected chi connectivity index (χ3v) is 3.99. The maximum atomic E-state index is 13.4. The highest BCUT2D eigenvalue weighted by atomic mass is 35.5. The third kappa shape index (κ3) is 3.20. The topological polar surface area (TPSA) is 12.0 Å². The molecule has 0 aromatic heterocycles. The minimum absolute atomic E-state index is 0.0495. The Bertz CT molecular complexity index is 384. The normalized spacial score (nSPS) is 25.6. The van der Waals surface area contributed by atoms with E-state index >= 15 is 0 Å². The van der Waals surface area contributed by atoms with Gasteiger partial charge in [0.2, 0.25) is 0 Å². The monoisotopic (exact) mass is 255 g/mol. The molecule has 1 aromatic carbocycles. The minimum atomic E-state index is -0.318. The van der Waals surface area contributed by atoms with Crippen molar-refractivity contribution in [1.82, 2.24) is 5.32 Å². The smallest absolute Gasteiger partial charge is 0.142 e. The summed E-state index contributed by atoms with van der Waals surface area (Å²) in [7, 11) is 0. The first kappa shape index (κ1) is 12.8. The van der Waals surface area contributed by atoms with Crippen LogP contribution in [0.25, 0.3) is 0 Å². The zero-order valence-electron chi connectivity index (χ0n) is 10.2. The molecule has 0 amide bonds. The molecular weight excluding hydrogens is 237 g/mol. The van der Waals surface area contributed by atoms with Crippen molar-refractivity contribution in [1.29, 1.82) is 0 Å². The molecule has 1 saturated heterocycles. The second kappa shape index (κ2) is 5.36. The van der Waals surface area contributed by atoms with Gasteiger partial charge in [0.05, 0.1) is 5.02 Å². The van der Waals surface area contributed by atoms with E-state index in [-0.39, 0.29) is 16.4 Å². The number of benzene rings is 1. The van der Waals surface area contributed by atoms with Gasteiger partial charge in [-0.2, -0.15) is 0 Å². The van der Waals surface area contributed by atoms with Gasteiger partial charge in [0.15, 0.2) is 0 Å². The first-order valence-electron chi connectivity index (χ1n) is 6.29. The van der Waals surface area contributed by atoms with E-state index < -0.39 is 0 Å². The molecular formula is C14H19ClFN. The molecule has 94 valence electrons. The average Bonchev–Trinajstić information content (AvgIpc) is 2.50. The van der Waals surface area contributed by atoms with Crippen LogP contribution in [0.1, 0.15) is 38.2 Å². The van der Waals surface area contributed by atoms with Crippen molar-refractivity contribution in [2.45, 2.75) is 44.6 Å². The SMILES string of the molecule is CC1(Cc2cccc(F)c2Cl)CCCCCN1. The number of nitrogens with one attached hydrogen (secondary N) is 1. The summed E-state index contributed by atoms with van der Waals surface area (Å²) in [4.78, 5) is 0.